The molecule has 2 aromatic heterocycles. The van der Waals surface area contributed by atoms with E-state index in [0.717, 1.165) is 5.56 Å². The van der Waals surface area contributed by atoms with Crippen molar-refractivity contribution >= 4 is 22.8 Å². The van der Waals surface area contributed by atoms with Gasteiger partial charge >= 0.3 is 5.97 Å². The predicted molar refractivity (Wildman–Crippen MR) is 114 cm³/mol. The Hall–Kier alpha value is -4.10. The van der Waals surface area contributed by atoms with Crippen molar-refractivity contribution in [1.82, 2.24) is 10.3 Å². The average molecular weight is 415 g/mol. The quantitative estimate of drug-likeness (QED) is 0.503. The van der Waals surface area contributed by atoms with Crippen molar-refractivity contribution < 1.29 is 24.8 Å². The lowest BCUT2D eigenvalue weighted by molar-refractivity contribution is -0.392. The number of H-pyrrole nitrogens is 1. The Balaban J connectivity index is 0.00000272. The van der Waals surface area contributed by atoms with Crippen molar-refractivity contribution in [3.05, 3.63) is 96.3 Å². The summed E-state index contributed by atoms with van der Waals surface area (Å²) in [6.45, 7) is 0. The summed E-state index contributed by atoms with van der Waals surface area (Å²) in [5, 5.41) is 3.50. The van der Waals surface area contributed by atoms with Crippen LogP contribution in [0, 0.1) is 0 Å². The van der Waals surface area contributed by atoms with Gasteiger partial charge in [-0.2, -0.15) is 0 Å². The number of hydrogen-bond acceptors (Lipinski definition) is 5. The number of para-hydroxylation sites is 1. The third-order valence-electron chi connectivity index (χ3n) is 4.79. The van der Waals surface area contributed by atoms with E-state index in [1.165, 1.54) is 7.11 Å². The smallest absolute Gasteiger partial charge is 0.339 e. The third kappa shape index (κ3) is 4.57. The summed E-state index contributed by atoms with van der Waals surface area (Å²) in [5.41, 5.74) is 3.24. The Labute approximate surface area is 179 Å². The van der Waals surface area contributed by atoms with Crippen LogP contribution in [0.15, 0.2) is 85.1 Å². The summed E-state index contributed by atoms with van der Waals surface area (Å²) in [6.07, 6.45) is 1.69. The molecule has 156 valence electrons. The molecular weight excluding hydrogens is 394 g/mol. The molecule has 0 saturated heterocycles. The van der Waals surface area contributed by atoms with Crippen LogP contribution in [0.5, 0.6) is 0 Å². The van der Waals surface area contributed by atoms with Crippen LogP contribution in [0.25, 0.3) is 22.2 Å². The number of carbonyl (C=O) groups is 2. The highest BCUT2D eigenvalue weighted by Gasteiger charge is 2.29. The first kappa shape index (κ1) is 21.6. The number of rotatable bonds is 5. The summed E-state index contributed by atoms with van der Waals surface area (Å²) in [5.74, 6) is -0.953. The molecule has 3 N–H and O–H groups in total. The highest BCUT2D eigenvalue weighted by Crippen LogP contribution is 2.25. The first-order chi connectivity index (χ1) is 14.7. The van der Waals surface area contributed by atoms with Crippen molar-refractivity contribution in [3.8, 4) is 11.3 Å². The second kappa shape index (κ2) is 9.60. The number of hydrogen-bond donors (Lipinski definition) is 1. The fourth-order valence-electron chi connectivity index (χ4n) is 3.30. The molecule has 0 fully saturated rings. The second-order valence-corrected chi connectivity index (χ2v) is 6.69. The zero-order valence-electron chi connectivity index (χ0n) is 16.8. The topological polar surface area (TPSA) is 112 Å². The van der Waals surface area contributed by atoms with Gasteiger partial charge in [0.25, 0.3) is 5.91 Å². The van der Waals surface area contributed by atoms with Gasteiger partial charge in [0.2, 0.25) is 11.7 Å². The molecule has 4 aromatic rings. The highest BCUT2D eigenvalue weighted by atomic mass is 16.5. The highest BCUT2D eigenvalue weighted by molar-refractivity contribution is 6.08. The Morgan fingerprint density at radius 2 is 1.68 bits per heavy atom. The fourth-order valence-corrected chi connectivity index (χ4v) is 3.30. The van der Waals surface area contributed by atoms with Gasteiger partial charge in [-0.3, -0.25) is 4.79 Å². The number of pyridine rings is 2. The Bertz CT molecular complexity index is 1200. The monoisotopic (exact) mass is 415 g/mol. The van der Waals surface area contributed by atoms with Gasteiger partial charge in [-0.25, -0.2) is 14.8 Å². The number of esters is 1. The van der Waals surface area contributed by atoms with Crippen molar-refractivity contribution in [1.29, 1.82) is 0 Å². The molecule has 7 nitrogen and oxygen atoms in total. The maximum Gasteiger partial charge on any atom is 0.339 e. The Morgan fingerprint density at radius 1 is 0.968 bits per heavy atom. The molecule has 1 amide bonds. The van der Waals surface area contributed by atoms with Gasteiger partial charge in [-0.1, -0.05) is 54.6 Å². The van der Waals surface area contributed by atoms with E-state index in [9.17, 15) is 9.59 Å². The Morgan fingerprint density at radius 3 is 2.39 bits per heavy atom. The van der Waals surface area contributed by atoms with Gasteiger partial charge in [0.1, 0.15) is 0 Å². The molecule has 1 unspecified atom stereocenters. The van der Waals surface area contributed by atoms with E-state index in [1.807, 2.05) is 54.6 Å². The van der Waals surface area contributed by atoms with Crippen LogP contribution in [-0.4, -0.2) is 29.4 Å². The van der Waals surface area contributed by atoms with E-state index in [-0.39, 0.29) is 5.48 Å². The number of aromatic nitrogens is 2. The molecule has 7 heteroatoms. The minimum absolute atomic E-state index is 0. The Kier molecular flexibility index (Phi) is 6.69. The van der Waals surface area contributed by atoms with E-state index >= 15 is 0 Å². The molecule has 0 aliphatic heterocycles. The molecule has 0 aliphatic rings. The zero-order valence-corrected chi connectivity index (χ0v) is 16.8. The lowest BCUT2D eigenvalue weighted by Crippen LogP contribution is -2.37. The van der Waals surface area contributed by atoms with E-state index in [2.05, 4.69) is 10.3 Å². The molecule has 2 aromatic carbocycles. The molecule has 0 radical (unpaired) electrons. The largest absolute Gasteiger partial charge is 0.870 e. The minimum atomic E-state index is -0.962. The summed E-state index contributed by atoms with van der Waals surface area (Å²) in [6, 6.07) is 23.2. The first-order valence-corrected chi connectivity index (χ1v) is 9.48. The maximum absolute atomic E-state index is 13.3. The number of nitrogens with zero attached hydrogens (tertiary/aromatic N) is 1. The third-order valence-corrected chi connectivity index (χ3v) is 4.79. The number of nitrogens with one attached hydrogen (secondary N) is 2. The number of aromatic amines is 1. The molecule has 0 saturated carbocycles. The zero-order chi connectivity index (χ0) is 20.9. The first-order valence-electron chi connectivity index (χ1n) is 9.48. The van der Waals surface area contributed by atoms with Crippen LogP contribution in [0.4, 0.5) is 0 Å². The van der Waals surface area contributed by atoms with Crippen LogP contribution < -0.4 is 10.3 Å². The van der Waals surface area contributed by atoms with Gasteiger partial charge in [0.05, 0.1) is 23.9 Å². The summed E-state index contributed by atoms with van der Waals surface area (Å²) in [7, 11) is 1.29. The molecule has 1 atom stereocenters. The SMILES string of the molecule is COC(=O)C(NC(=O)c1cc(-c2ccccc2)nc2ccccc12)c1cccc[nH+]1.[OH-]. The van der Waals surface area contributed by atoms with Crippen LogP contribution in [0.2, 0.25) is 0 Å². The summed E-state index contributed by atoms with van der Waals surface area (Å²) >= 11 is 0. The number of benzene rings is 2. The number of amides is 1. The summed E-state index contributed by atoms with van der Waals surface area (Å²) in [4.78, 5) is 33.3. The van der Waals surface area contributed by atoms with Crippen molar-refractivity contribution in [3.63, 3.8) is 0 Å². The lowest BCUT2D eigenvalue weighted by Gasteiger charge is -2.15. The molecule has 0 spiro atoms. The van der Waals surface area contributed by atoms with E-state index in [4.69, 9.17) is 9.72 Å². The van der Waals surface area contributed by atoms with Gasteiger partial charge in [0.15, 0.2) is 6.20 Å². The van der Waals surface area contributed by atoms with Gasteiger partial charge in [-0.05, 0) is 12.1 Å². The molecule has 31 heavy (non-hydrogen) atoms. The van der Waals surface area contributed by atoms with Crippen molar-refractivity contribution in [2.75, 3.05) is 7.11 Å². The van der Waals surface area contributed by atoms with Gasteiger partial charge < -0.3 is 15.5 Å². The van der Waals surface area contributed by atoms with Gasteiger partial charge in [0, 0.05) is 23.1 Å². The van der Waals surface area contributed by atoms with Gasteiger partial charge in [-0.15, -0.1) is 0 Å². The molecule has 0 aliphatic carbocycles. The minimum Gasteiger partial charge on any atom is -0.870 e. The normalized spacial score (nSPS) is 11.3. The van der Waals surface area contributed by atoms with Crippen molar-refractivity contribution in [2.24, 2.45) is 0 Å². The maximum atomic E-state index is 13.3. The number of fused-ring (bicyclic) bond motifs is 1. The van der Waals surface area contributed by atoms with E-state index in [0.29, 0.717) is 27.9 Å². The van der Waals surface area contributed by atoms with E-state index in [1.54, 1.807) is 30.5 Å². The number of carbonyl (C=O) groups excluding carboxylic acids is 2. The average Bonchev–Trinajstić information content (AvgIpc) is 2.82. The second-order valence-electron chi connectivity index (χ2n) is 6.69. The molecule has 0 bridgehead atoms. The predicted octanol–water partition coefficient (Wildman–Crippen LogP) is 3.18. The van der Waals surface area contributed by atoms with Crippen LogP contribution in [0.3, 0.4) is 0 Å². The molecule has 4 rings (SSSR count). The van der Waals surface area contributed by atoms with Crippen LogP contribution in [-0.2, 0) is 9.53 Å². The van der Waals surface area contributed by atoms with Crippen molar-refractivity contribution in [2.45, 2.75) is 6.04 Å². The number of ether oxygens (including phenoxy) is 1. The lowest BCUT2D eigenvalue weighted by atomic mass is 10.0. The molecular formula is C24H21N3O4. The van der Waals surface area contributed by atoms with Crippen LogP contribution in [0.1, 0.15) is 22.1 Å². The fraction of sp³-hybridized carbons (Fsp3) is 0.0833. The van der Waals surface area contributed by atoms with E-state index < -0.39 is 17.9 Å². The van der Waals surface area contributed by atoms with Crippen LogP contribution >= 0.6 is 0 Å². The molecule has 2 heterocycles. The standard InChI is InChI=1S/C24H19N3O3.H2O/c1-30-24(29)22(20-13-7-8-14-25-20)27-23(28)18-15-21(16-9-3-2-4-10-16)26-19-12-6-5-11-17(18)19;/h2-15,22H,1H3,(H,27,28);1H2. The number of methoxy groups -OCH3 is 1. The summed E-state index contributed by atoms with van der Waals surface area (Å²) < 4.78 is 4.90.